The zero-order valence-electron chi connectivity index (χ0n) is 17.2. The van der Waals surface area contributed by atoms with Crippen LogP contribution >= 0.6 is 11.6 Å². The van der Waals surface area contributed by atoms with Crippen LogP contribution < -0.4 is 5.32 Å². The summed E-state index contributed by atoms with van der Waals surface area (Å²) in [5.41, 5.74) is 2.02. The second kappa shape index (κ2) is 7.52. The Labute approximate surface area is 181 Å². The van der Waals surface area contributed by atoms with Gasteiger partial charge in [0.25, 0.3) is 0 Å². The van der Waals surface area contributed by atoms with Crippen molar-refractivity contribution in [3.05, 3.63) is 40.5 Å². The fourth-order valence-corrected chi connectivity index (χ4v) is 6.64. The summed E-state index contributed by atoms with van der Waals surface area (Å²) in [6.45, 7) is 1.82. The first-order valence-electron chi connectivity index (χ1n) is 10.9. The molecule has 0 radical (unpaired) electrons. The minimum atomic E-state index is -0.461. The number of esters is 1. The number of para-hydroxylation sites is 1. The summed E-state index contributed by atoms with van der Waals surface area (Å²) >= 11 is 6.44. The van der Waals surface area contributed by atoms with Crippen molar-refractivity contribution in [2.24, 2.45) is 23.2 Å². The summed E-state index contributed by atoms with van der Waals surface area (Å²) in [5.74, 6) is 1.66. The number of aryl methyl sites for hydroxylation is 1. The van der Waals surface area contributed by atoms with Gasteiger partial charge in [0.15, 0.2) is 0 Å². The van der Waals surface area contributed by atoms with Crippen LogP contribution in [0.3, 0.4) is 0 Å². The number of ether oxygens (including phenoxy) is 1. The van der Waals surface area contributed by atoms with Gasteiger partial charge in [-0.3, -0.25) is 9.59 Å². The lowest BCUT2D eigenvalue weighted by atomic mass is 9.49. The number of hydrogen-bond donors (Lipinski definition) is 1. The first-order chi connectivity index (χ1) is 14.4. The van der Waals surface area contributed by atoms with E-state index in [1.54, 1.807) is 0 Å². The molecule has 0 unspecified atom stereocenters. The average molecular weight is 427 g/mol. The molecular formula is C24H27ClN2O3. The number of pyridine rings is 1. The van der Waals surface area contributed by atoms with Crippen molar-refractivity contribution in [2.75, 3.05) is 6.54 Å². The molecule has 4 bridgehead atoms. The van der Waals surface area contributed by atoms with Crippen molar-refractivity contribution in [1.82, 2.24) is 10.3 Å². The van der Waals surface area contributed by atoms with Gasteiger partial charge in [0, 0.05) is 10.8 Å². The molecule has 2 aromatic rings. The van der Waals surface area contributed by atoms with E-state index in [0.717, 1.165) is 35.7 Å². The Morgan fingerprint density at radius 2 is 1.77 bits per heavy atom. The normalized spacial score (nSPS) is 29.2. The summed E-state index contributed by atoms with van der Waals surface area (Å²) in [6, 6.07) is 7.74. The second-order valence-corrected chi connectivity index (χ2v) is 9.93. The van der Waals surface area contributed by atoms with Gasteiger partial charge in [0.05, 0.1) is 16.2 Å². The van der Waals surface area contributed by atoms with Crippen LogP contribution in [0.1, 0.15) is 49.8 Å². The lowest BCUT2D eigenvalue weighted by Crippen LogP contribution is -2.54. The van der Waals surface area contributed by atoms with Crippen molar-refractivity contribution in [3.63, 3.8) is 0 Å². The molecule has 4 fully saturated rings. The fraction of sp³-hybridized carbons (Fsp3) is 0.542. The molecule has 1 amide bonds. The minimum absolute atomic E-state index is 0.00340. The Morgan fingerprint density at radius 1 is 1.13 bits per heavy atom. The predicted octanol–water partition coefficient (Wildman–Crippen LogP) is 4.57. The third kappa shape index (κ3) is 3.47. The monoisotopic (exact) mass is 426 g/mol. The summed E-state index contributed by atoms with van der Waals surface area (Å²) in [4.78, 5) is 29.8. The van der Waals surface area contributed by atoms with E-state index >= 15 is 0 Å². The maximum Gasteiger partial charge on any atom is 0.325 e. The molecule has 5 nitrogen and oxygen atoms in total. The number of rotatable bonds is 5. The maximum atomic E-state index is 13.0. The van der Waals surface area contributed by atoms with Gasteiger partial charge in [-0.15, -0.1) is 0 Å². The largest absolute Gasteiger partial charge is 0.458 e. The molecule has 6 rings (SSSR count). The van der Waals surface area contributed by atoms with E-state index in [4.69, 9.17) is 16.3 Å². The molecule has 1 aromatic heterocycles. The molecule has 0 aliphatic heterocycles. The molecule has 4 aliphatic rings. The third-order valence-electron chi connectivity index (χ3n) is 7.43. The van der Waals surface area contributed by atoms with E-state index in [1.165, 1.54) is 19.3 Å². The van der Waals surface area contributed by atoms with Crippen LogP contribution in [0.2, 0.25) is 5.02 Å². The van der Waals surface area contributed by atoms with Crippen LogP contribution in [-0.2, 0) is 20.9 Å². The van der Waals surface area contributed by atoms with Crippen LogP contribution in [0, 0.1) is 30.1 Å². The van der Waals surface area contributed by atoms with Crippen LogP contribution in [-0.4, -0.2) is 23.4 Å². The van der Waals surface area contributed by atoms with Gasteiger partial charge in [-0.05, 0) is 74.8 Å². The van der Waals surface area contributed by atoms with Gasteiger partial charge >= 0.3 is 5.97 Å². The van der Waals surface area contributed by atoms with E-state index < -0.39 is 5.97 Å². The summed E-state index contributed by atoms with van der Waals surface area (Å²) < 4.78 is 5.38. The molecule has 30 heavy (non-hydrogen) atoms. The summed E-state index contributed by atoms with van der Waals surface area (Å²) in [5, 5.41) is 4.36. The topological polar surface area (TPSA) is 68.3 Å². The highest BCUT2D eigenvalue weighted by atomic mass is 35.5. The van der Waals surface area contributed by atoms with E-state index in [1.807, 2.05) is 31.2 Å². The number of benzene rings is 1. The van der Waals surface area contributed by atoms with Gasteiger partial charge in [0.2, 0.25) is 5.91 Å². The number of amides is 1. The van der Waals surface area contributed by atoms with Gasteiger partial charge in [0.1, 0.15) is 13.2 Å². The van der Waals surface area contributed by atoms with Crippen molar-refractivity contribution in [1.29, 1.82) is 0 Å². The number of carbonyl (C=O) groups excluding carboxylic acids is 2. The predicted molar refractivity (Wildman–Crippen MR) is 115 cm³/mol. The fourth-order valence-electron chi connectivity index (χ4n) is 6.44. The van der Waals surface area contributed by atoms with Gasteiger partial charge in [-0.2, -0.15) is 0 Å². The summed E-state index contributed by atoms with van der Waals surface area (Å²) in [6.07, 6.45) is 6.80. The highest BCUT2D eigenvalue weighted by Crippen LogP contribution is 2.60. The molecule has 4 aliphatic carbocycles. The Morgan fingerprint density at radius 3 is 2.43 bits per heavy atom. The number of carbonyl (C=O) groups is 2. The van der Waals surface area contributed by atoms with E-state index in [9.17, 15) is 9.59 Å². The van der Waals surface area contributed by atoms with E-state index in [2.05, 4.69) is 10.3 Å². The van der Waals surface area contributed by atoms with E-state index in [0.29, 0.717) is 28.5 Å². The van der Waals surface area contributed by atoms with E-state index in [-0.39, 0.29) is 24.5 Å². The highest BCUT2D eigenvalue weighted by Gasteiger charge is 2.54. The second-order valence-electron chi connectivity index (χ2n) is 9.56. The van der Waals surface area contributed by atoms with Crippen LogP contribution in [0.15, 0.2) is 24.3 Å². The number of hydrogen-bond acceptors (Lipinski definition) is 4. The number of halogens is 1. The minimum Gasteiger partial charge on any atom is -0.458 e. The zero-order chi connectivity index (χ0) is 20.9. The van der Waals surface area contributed by atoms with Crippen molar-refractivity contribution >= 4 is 34.4 Å². The van der Waals surface area contributed by atoms with Gasteiger partial charge in [-0.1, -0.05) is 29.8 Å². The smallest absolute Gasteiger partial charge is 0.325 e. The van der Waals surface area contributed by atoms with Gasteiger partial charge < -0.3 is 10.1 Å². The van der Waals surface area contributed by atoms with Crippen molar-refractivity contribution in [2.45, 2.75) is 52.1 Å². The number of aromatic nitrogens is 1. The van der Waals surface area contributed by atoms with Crippen LogP contribution in [0.5, 0.6) is 0 Å². The quantitative estimate of drug-likeness (QED) is 0.711. The van der Waals surface area contributed by atoms with Crippen molar-refractivity contribution < 1.29 is 14.3 Å². The lowest BCUT2D eigenvalue weighted by Gasteiger charge is -2.55. The molecular weight excluding hydrogens is 400 g/mol. The molecule has 6 heteroatoms. The Kier molecular flexibility index (Phi) is 4.97. The molecule has 1 N–H and O–H groups in total. The average Bonchev–Trinajstić information content (AvgIpc) is 2.72. The molecule has 158 valence electrons. The molecule has 0 spiro atoms. The Bertz CT molecular complexity index is 984. The Balaban J connectivity index is 1.19. The van der Waals surface area contributed by atoms with Crippen LogP contribution in [0.4, 0.5) is 0 Å². The lowest BCUT2D eigenvalue weighted by molar-refractivity contribution is -0.151. The maximum absolute atomic E-state index is 13.0. The Hall–Kier alpha value is -2.14. The molecule has 1 aromatic carbocycles. The molecule has 0 atom stereocenters. The SMILES string of the molecule is Cc1c(Cl)c(COC(=O)CNC(=O)C23CC4CC(CC(C4)C2)C3)nc2ccccc12. The molecule has 4 saturated carbocycles. The molecule has 0 saturated heterocycles. The number of nitrogens with zero attached hydrogens (tertiary/aromatic N) is 1. The first-order valence-corrected chi connectivity index (χ1v) is 11.3. The highest BCUT2D eigenvalue weighted by molar-refractivity contribution is 6.32. The first kappa shape index (κ1) is 19.8. The summed E-state index contributed by atoms with van der Waals surface area (Å²) in [7, 11) is 0. The number of fused-ring (bicyclic) bond motifs is 1. The van der Waals surface area contributed by atoms with Gasteiger partial charge in [-0.25, -0.2) is 4.98 Å². The van der Waals surface area contributed by atoms with Crippen molar-refractivity contribution in [3.8, 4) is 0 Å². The third-order valence-corrected chi connectivity index (χ3v) is 7.93. The van der Waals surface area contributed by atoms with Crippen LogP contribution in [0.25, 0.3) is 10.9 Å². The standard InChI is InChI=1S/C24H27ClN2O3/c1-14-18-4-2-3-5-19(18)27-20(22(14)25)13-30-21(28)12-26-23(29)24-9-15-6-16(10-24)8-17(7-15)11-24/h2-5,15-17H,6-13H2,1H3,(H,26,29). The number of nitrogens with one attached hydrogen (secondary N) is 1. The zero-order valence-corrected chi connectivity index (χ0v) is 18.0. The molecule has 1 heterocycles.